The summed E-state index contributed by atoms with van der Waals surface area (Å²) in [7, 11) is 0. The maximum atomic E-state index is 9.96. The first kappa shape index (κ1) is 17.0. The number of hydrogen-bond acceptors (Lipinski definition) is 1. The number of carbonyl (C=O) groups is 1. The summed E-state index contributed by atoms with van der Waals surface area (Å²) in [6.07, 6.45) is 4.55. The second-order valence-corrected chi connectivity index (χ2v) is 4.94. The van der Waals surface area contributed by atoms with Crippen molar-refractivity contribution >= 4 is 5.97 Å². The van der Waals surface area contributed by atoms with Crippen LogP contribution in [0.3, 0.4) is 0 Å². The molecule has 0 radical (unpaired) electrons. The first-order chi connectivity index (χ1) is 10.2. The third kappa shape index (κ3) is 7.93. The molecule has 0 aliphatic rings. The summed E-state index contributed by atoms with van der Waals surface area (Å²) in [4.78, 5) is 9.96. The minimum atomic E-state index is -0.675. The molecule has 0 unspecified atom stereocenters. The van der Waals surface area contributed by atoms with Crippen molar-refractivity contribution in [1.82, 2.24) is 0 Å². The van der Waals surface area contributed by atoms with Crippen molar-refractivity contribution in [3.63, 3.8) is 0 Å². The molecule has 0 fully saturated rings. The molecule has 2 aromatic carbocycles. The molecule has 0 heterocycles. The topological polar surface area (TPSA) is 37.3 Å². The van der Waals surface area contributed by atoms with E-state index < -0.39 is 5.97 Å². The van der Waals surface area contributed by atoms with E-state index in [2.05, 4.69) is 55.5 Å². The zero-order valence-electron chi connectivity index (χ0n) is 12.7. The van der Waals surface area contributed by atoms with Crippen LogP contribution in [-0.4, -0.2) is 11.1 Å². The smallest absolute Gasteiger partial charge is 0.303 e. The molecule has 2 heteroatoms. The van der Waals surface area contributed by atoms with Gasteiger partial charge in [-0.05, 0) is 17.5 Å². The maximum Gasteiger partial charge on any atom is 0.303 e. The molecule has 112 valence electrons. The van der Waals surface area contributed by atoms with E-state index in [0.717, 1.165) is 19.3 Å². The van der Waals surface area contributed by atoms with Crippen LogP contribution in [-0.2, 0) is 4.79 Å². The number of carboxylic acid groups (broad SMARTS) is 1. The summed E-state index contributed by atoms with van der Waals surface area (Å²) in [5.41, 5.74) is 2.55. The van der Waals surface area contributed by atoms with Gasteiger partial charge < -0.3 is 5.11 Å². The number of benzene rings is 2. The summed E-state index contributed by atoms with van der Waals surface area (Å²) >= 11 is 0. The SMILES string of the molecule is CCCCCCC(=O)O.c1ccc(-c2ccccc2)cc1. The summed E-state index contributed by atoms with van der Waals surface area (Å²) in [6.45, 7) is 2.11. The van der Waals surface area contributed by atoms with Crippen LogP contribution in [0.15, 0.2) is 60.7 Å². The minimum absolute atomic E-state index is 0.333. The van der Waals surface area contributed by atoms with E-state index in [1.807, 2.05) is 12.1 Å². The van der Waals surface area contributed by atoms with Gasteiger partial charge in [0.05, 0.1) is 0 Å². The molecule has 0 saturated carbocycles. The van der Waals surface area contributed by atoms with Crippen LogP contribution in [0.1, 0.15) is 39.0 Å². The highest BCUT2D eigenvalue weighted by molar-refractivity contribution is 5.66. The first-order valence-electron chi connectivity index (χ1n) is 7.56. The zero-order chi connectivity index (χ0) is 15.3. The second-order valence-electron chi connectivity index (χ2n) is 4.94. The average molecular weight is 284 g/mol. The molecule has 0 bridgehead atoms. The molecule has 0 saturated heterocycles. The zero-order valence-corrected chi connectivity index (χ0v) is 12.7. The van der Waals surface area contributed by atoms with Crippen LogP contribution in [0.25, 0.3) is 11.1 Å². The predicted molar refractivity (Wildman–Crippen MR) is 88.3 cm³/mol. The third-order valence-corrected chi connectivity index (χ3v) is 3.13. The highest BCUT2D eigenvalue weighted by atomic mass is 16.4. The second kappa shape index (κ2) is 10.7. The fraction of sp³-hybridized carbons (Fsp3) is 0.316. The van der Waals surface area contributed by atoms with Gasteiger partial charge in [0.2, 0.25) is 0 Å². The van der Waals surface area contributed by atoms with E-state index >= 15 is 0 Å². The Hall–Kier alpha value is -2.09. The summed E-state index contributed by atoms with van der Waals surface area (Å²) < 4.78 is 0. The van der Waals surface area contributed by atoms with Gasteiger partial charge in [0.15, 0.2) is 0 Å². The van der Waals surface area contributed by atoms with E-state index in [9.17, 15) is 4.79 Å². The normalized spacial score (nSPS) is 9.57. The Morgan fingerprint density at radius 2 is 1.29 bits per heavy atom. The molecule has 0 spiro atoms. The largest absolute Gasteiger partial charge is 0.481 e. The van der Waals surface area contributed by atoms with E-state index in [4.69, 9.17) is 5.11 Å². The first-order valence-corrected chi connectivity index (χ1v) is 7.56. The van der Waals surface area contributed by atoms with Crippen LogP contribution >= 0.6 is 0 Å². The van der Waals surface area contributed by atoms with Crippen LogP contribution in [0.4, 0.5) is 0 Å². The molecule has 21 heavy (non-hydrogen) atoms. The van der Waals surface area contributed by atoms with Gasteiger partial charge in [-0.2, -0.15) is 0 Å². The molecule has 2 rings (SSSR count). The lowest BCUT2D eigenvalue weighted by Gasteiger charge is -1.98. The standard InChI is InChI=1S/C12H10.C7H14O2/c1-3-7-11(8-4-1)12-9-5-2-6-10-12;1-2-3-4-5-6-7(8)9/h1-10H;2-6H2,1H3,(H,8,9). The van der Waals surface area contributed by atoms with E-state index in [-0.39, 0.29) is 0 Å². The maximum absolute atomic E-state index is 9.96. The Balaban J connectivity index is 0.000000222. The van der Waals surface area contributed by atoms with Gasteiger partial charge >= 0.3 is 5.97 Å². The molecule has 2 nitrogen and oxygen atoms in total. The monoisotopic (exact) mass is 284 g/mol. The van der Waals surface area contributed by atoms with E-state index in [1.165, 1.54) is 17.5 Å². The van der Waals surface area contributed by atoms with E-state index in [0.29, 0.717) is 6.42 Å². The molecule has 2 aromatic rings. The Kier molecular flexibility index (Phi) is 8.62. The lowest BCUT2D eigenvalue weighted by molar-refractivity contribution is -0.137. The van der Waals surface area contributed by atoms with Gasteiger partial charge in [0.25, 0.3) is 0 Å². The molecular weight excluding hydrogens is 260 g/mol. The van der Waals surface area contributed by atoms with Gasteiger partial charge in [-0.25, -0.2) is 0 Å². The summed E-state index contributed by atoms with van der Waals surface area (Å²) in [5, 5.41) is 8.21. The number of carboxylic acids is 1. The fourth-order valence-electron chi connectivity index (χ4n) is 1.96. The van der Waals surface area contributed by atoms with Crippen molar-refractivity contribution < 1.29 is 9.90 Å². The summed E-state index contributed by atoms with van der Waals surface area (Å²) in [6, 6.07) is 20.8. The van der Waals surface area contributed by atoms with Gasteiger partial charge in [-0.1, -0.05) is 86.8 Å². The lowest BCUT2D eigenvalue weighted by atomic mass is 10.1. The number of hydrogen-bond donors (Lipinski definition) is 1. The van der Waals surface area contributed by atoms with Gasteiger partial charge in [0, 0.05) is 6.42 Å². The average Bonchev–Trinajstić information content (AvgIpc) is 2.54. The highest BCUT2D eigenvalue weighted by Gasteiger charge is 1.94. The van der Waals surface area contributed by atoms with Crippen molar-refractivity contribution in [3.8, 4) is 11.1 Å². The Labute approximate surface area is 127 Å². The molecule has 0 aromatic heterocycles. The summed E-state index contributed by atoms with van der Waals surface area (Å²) in [5.74, 6) is -0.675. The lowest BCUT2D eigenvalue weighted by Crippen LogP contribution is -1.92. The molecular formula is C19H24O2. The predicted octanol–water partition coefficient (Wildman–Crippen LogP) is 5.40. The van der Waals surface area contributed by atoms with Crippen molar-refractivity contribution in [2.24, 2.45) is 0 Å². The van der Waals surface area contributed by atoms with Crippen molar-refractivity contribution in [3.05, 3.63) is 60.7 Å². The van der Waals surface area contributed by atoms with Crippen molar-refractivity contribution in [1.29, 1.82) is 0 Å². The highest BCUT2D eigenvalue weighted by Crippen LogP contribution is 2.17. The van der Waals surface area contributed by atoms with Crippen LogP contribution < -0.4 is 0 Å². The van der Waals surface area contributed by atoms with Crippen LogP contribution in [0.2, 0.25) is 0 Å². The van der Waals surface area contributed by atoms with E-state index in [1.54, 1.807) is 0 Å². The van der Waals surface area contributed by atoms with Crippen LogP contribution in [0.5, 0.6) is 0 Å². The number of aliphatic carboxylic acids is 1. The Bertz CT molecular complexity index is 454. The molecule has 0 aliphatic heterocycles. The number of rotatable bonds is 6. The fourth-order valence-corrected chi connectivity index (χ4v) is 1.96. The number of unbranched alkanes of at least 4 members (excludes halogenated alkanes) is 3. The quantitative estimate of drug-likeness (QED) is 0.721. The van der Waals surface area contributed by atoms with Gasteiger partial charge in [0.1, 0.15) is 0 Å². The Morgan fingerprint density at radius 1 is 0.810 bits per heavy atom. The Morgan fingerprint density at radius 3 is 1.67 bits per heavy atom. The van der Waals surface area contributed by atoms with Crippen LogP contribution in [0, 0.1) is 0 Å². The van der Waals surface area contributed by atoms with Crippen molar-refractivity contribution in [2.75, 3.05) is 0 Å². The molecule has 0 amide bonds. The van der Waals surface area contributed by atoms with Gasteiger partial charge in [-0.3, -0.25) is 4.79 Å². The minimum Gasteiger partial charge on any atom is -0.481 e. The molecule has 0 aliphatic carbocycles. The molecule has 1 N–H and O–H groups in total. The van der Waals surface area contributed by atoms with Crippen molar-refractivity contribution in [2.45, 2.75) is 39.0 Å². The molecule has 0 atom stereocenters. The third-order valence-electron chi connectivity index (χ3n) is 3.13. The van der Waals surface area contributed by atoms with Gasteiger partial charge in [-0.15, -0.1) is 0 Å².